The van der Waals surface area contributed by atoms with Crippen molar-refractivity contribution in [1.29, 1.82) is 0 Å². The van der Waals surface area contributed by atoms with Crippen molar-refractivity contribution < 1.29 is 0 Å². The smallest absolute Gasteiger partial charge is 0.238 e. The molecular formula is C54H36N4. The summed E-state index contributed by atoms with van der Waals surface area (Å²) >= 11 is 0. The summed E-state index contributed by atoms with van der Waals surface area (Å²) < 4.78 is 2.29. The molecule has 0 unspecified atom stereocenters. The molecule has 0 N–H and O–H groups in total. The van der Waals surface area contributed by atoms with E-state index in [4.69, 9.17) is 15.0 Å². The van der Waals surface area contributed by atoms with E-state index in [1.165, 1.54) is 49.2 Å². The molecule has 11 aromatic rings. The normalized spacial score (nSPS) is 13.1. The third kappa shape index (κ3) is 4.85. The summed E-state index contributed by atoms with van der Waals surface area (Å²) in [5.74, 6) is 1.84. The average Bonchev–Trinajstić information content (AvgIpc) is 3.74. The minimum Gasteiger partial charge on any atom is -0.277 e. The van der Waals surface area contributed by atoms with Gasteiger partial charge in [-0.2, -0.15) is 9.97 Å². The Morgan fingerprint density at radius 1 is 0.397 bits per heavy atom. The lowest BCUT2D eigenvalue weighted by molar-refractivity contribution is 0.660. The van der Waals surface area contributed by atoms with Crippen molar-refractivity contribution in [3.8, 4) is 51.0 Å². The first kappa shape index (κ1) is 32.8. The Kier molecular flexibility index (Phi) is 6.94. The Morgan fingerprint density at radius 2 is 0.948 bits per heavy atom. The molecule has 272 valence electrons. The van der Waals surface area contributed by atoms with Gasteiger partial charge >= 0.3 is 0 Å². The highest BCUT2D eigenvalue weighted by Gasteiger charge is 2.35. The maximum atomic E-state index is 5.40. The van der Waals surface area contributed by atoms with Crippen LogP contribution in [0.15, 0.2) is 182 Å². The molecule has 0 saturated heterocycles. The first-order chi connectivity index (χ1) is 28.5. The second kappa shape index (κ2) is 12.3. The van der Waals surface area contributed by atoms with Crippen LogP contribution in [0.2, 0.25) is 0 Å². The zero-order chi connectivity index (χ0) is 38.5. The second-order valence-corrected chi connectivity index (χ2v) is 16.1. The van der Waals surface area contributed by atoms with Crippen LogP contribution in [0.5, 0.6) is 0 Å². The highest BCUT2D eigenvalue weighted by molar-refractivity contribution is 6.23. The van der Waals surface area contributed by atoms with Crippen LogP contribution in [0.25, 0.3) is 105 Å². The summed E-state index contributed by atoms with van der Waals surface area (Å²) in [7, 11) is 0. The van der Waals surface area contributed by atoms with Gasteiger partial charge in [0.1, 0.15) is 0 Å². The van der Waals surface area contributed by atoms with Gasteiger partial charge in [-0.25, -0.2) is 4.98 Å². The Labute approximate surface area is 335 Å². The molecule has 1 aliphatic carbocycles. The van der Waals surface area contributed by atoms with Crippen molar-refractivity contribution in [3.63, 3.8) is 0 Å². The first-order valence-electron chi connectivity index (χ1n) is 19.9. The Hall–Kier alpha value is -7.43. The van der Waals surface area contributed by atoms with Gasteiger partial charge in [-0.1, -0.05) is 172 Å². The average molecular weight is 741 g/mol. The van der Waals surface area contributed by atoms with Gasteiger partial charge in [-0.05, 0) is 84.4 Å². The molecule has 0 atom stereocenters. The second-order valence-electron chi connectivity index (χ2n) is 16.1. The summed E-state index contributed by atoms with van der Waals surface area (Å²) in [6.07, 6.45) is 0. The molecule has 12 rings (SSSR count). The van der Waals surface area contributed by atoms with Gasteiger partial charge in [-0.15, -0.1) is 0 Å². The van der Waals surface area contributed by atoms with Gasteiger partial charge in [0, 0.05) is 32.9 Å². The molecule has 0 spiro atoms. The number of benzene rings is 9. The van der Waals surface area contributed by atoms with Crippen molar-refractivity contribution in [3.05, 3.63) is 193 Å². The van der Waals surface area contributed by atoms with Gasteiger partial charge in [0.15, 0.2) is 11.6 Å². The predicted octanol–water partition coefficient (Wildman–Crippen LogP) is 13.7. The van der Waals surface area contributed by atoms with Gasteiger partial charge in [0.05, 0.1) is 11.0 Å². The third-order valence-corrected chi connectivity index (χ3v) is 12.4. The summed E-state index contributed by atoms with van der Waals surface area (Å²) in [4.78, 5) is 16.0. The van der Waals surface area contributed by atoms with E-state index in [-0.39, 0.29) is 5.41 Å². The number of nitrogens with zero attached hydrogens (tertiary/aromatic N) is 4. The van der Waals surface area contributed by atoms with E-state index >= 15 is 0 Å². The lowest BCUT2D eigenvalue weighted by Crippen LogP contribution is -2.14. The summed E-state index contributed by atoms with van der Waals surface area (Å²) in [5.41, 5.74) is 11.5. The molecule has 58 heavy (non-hydrogen) atoms. The van der Waals surface area contributed by atoms with E-state index in [2.05, 4.69) is 200 Å². The lowest BCUT2D eigenvalue weighted by atomic mass is 9.81. The predicted molar refractivity (Wildman–Crippen MR) is 241 cm³/mol. The molecule has 0 radical (unpaired) electrons. The highest BCUT2D eigenvalue weighted by Crippen LogP contribution is 2.50. The fourth-order valence-corrected chi connectivity index (χ4v) is 9.53. The van der Waals surface area contributed by atoms with Crippen molar-refractivity contribution in [2.75, 3.05) is 0 Å². The van der Waals surface area contributed by atoms with Crippen molar-refractivity contribution >= 4 is 54.1 Å². The monoisotopic (exact) mass is 740 g/mol. The lowest BCUT2D eigenvalue weighted by Gasteiger charge is -2.22. The number of para-hydroxylation sites is 1. The van der Waals surface area contributed by atoms with Crippen LogP contribution >= 0.6 is 0 Å². The van der Waals surface area contributed by atoms with Gasteiger partial charge in [0.2, 0.25) is 5.95 Å². The van der Waals surface area contributed by atoms with E-state index in [9.17, 15) is 0 Å². The number of aromatic nitrogens is 4. The number of hydrogen-bond acceptors (Lipinski definition) is 3. The summed E-state index contributed by atoms with van der Waals surface area (Å²) in [5, 5.41) is 9.37. The molecule has 0 bridgehead atoms. The SMILES string of the molecule is CC1(C)c2ccccc2-c2ccc(-c3cccc4c5c6ccccc6ccc5n(-c5nc(-c6ccc7ccccc7c6)nc(-c6ccc7ccccc7c6)n5)c34)cc21. The van der Waals surface area contributed by atoms with Crippen LogP contribution in [-0.4, -0.2) is 19.5 Å². The number of hydrogen-bond donors (Lipinski definition) is 0. The molecule has 1 aliphatic rings. The molecule has 4 heteroatoms. The zero-order valence-corrected chi connectivity index (χ0v) is 32.1. The maximum Gasteiger partial charge on any atom is 0.238 e. The molecular weight excluding hydrogens is 705 g/mol. The van der Waals surface area contributed by atoms with Crippen molar-refractivity contribution in [2.45, 2.75) is 19.3 Å². The van der Waals surface area contributed by atoms with Gasteiger partial charge in [0.25, 0.3) is 0 Å². The summed E-state index contributed by atoms with van der Waals surface area (Å²) in [6, 6.07) is 65.5. The van der Waals surface area contributed by atoms with Crippen molar-refractivity contribution in [1.82, 2.24) is 19.5 Å². The van der Waals surface area contributed by atoms with Crippen LogP contribution in [-0.2, 0) is 5.41 Å². The van der Waals surface area contributed by atoms with E-state index < -0.39 is 0 Å². The summed E-state index contributed by atoms with van der Waals surface area (Å²) in [6.45, 7) is 4.69. The Morgan fingerprint density at radius 3 is 1.67 bits per heavy atom. The van der Waals surface area contributed by atoms with Gasteiger partial charge < -0.3 is 0 Å². The number of fused-ring (bicyclic) bond motifs is 10. The molecule has 0 saturated carbocycles. The van der Waals surface area contributed by atoms with E-state index in [1.807, 2.05) is 0 Å². The Bertz CT molecular complexity index is 3400. The molecule has 0 aliphatic heterocycles. The molecule has 9 aromatic carbocycles. The largest absolute Gasteiger partial charge is 0.277 e. The minimum absolute atomic E-state index is 0.129. The van der Waals surface area contributed by atoms with E-state index in [0.717, 1.165) is 49.4 Å². The molecule has 0 amide bonds. The fourth-order valence-electron chi connectivity index (χ4n) is 9.53. The topological polar surface area (TPSA) is 43.6 Å². The third-order valence-electron chi connectivity index (χ3n) is 12.4. The van der Waals surface area contributed by atoms with Crippen LogP contribution in [0, 0.1) is 0 Å². The maximum absolute atomic E-state index is 5.40. The van der Waals surface area contributed by atoms with Gasteiger partial charge in [-0.3, -0.25) is 4.57 Å². The highest BCUT2D eigenvalue weighted by atomic mass is 15.2. The van der Waals surface area contributed by atoms with E-state index in [0.29, 0.717) is 17.6 Å². The molecule has 0 fully saturated rings. The zero-order valence-electron chi connectivity index (χ0n) is 32.1. The van der Waals surface area contributed by atoms with Crippen LogP contribution in [0.4, 0.5) is 0 Å². The molecule has 2 aromatic heterocycles. The van der Waals surface area contributed by atoms with Crippen LogP contribution < -0.4 is 0 Å². The van der Waals surface area contributed by atoms with Crippen LogP contribution in [0.1, 0.15) is 25.0 Å². The standard InChI is InChI=1S/C54H36N4/c1-54(2)46-21-10-9-18-43(46)44-28-26-38(32-47(44)54)42-19-11-20-45-49-41-17-8-7-14-35(41)27-29-48(49)58(50(42)45)53-56-51(39-24-22-33-12-3-5-15-36(33)30-39)55-52(57-53)40-25-23-34-13-4-6-16-37(34)31-40/h3-32H,1-2H3. The molecule has 4 nitrogen and oxygen atoms in total. The number of rotatable bonds is 4. The first-order valence-corrected chi connectivity index (χ1v) is 19.9. The van der Waals surface area contributed by atoms with Crippen LogP contribution in [0.3, 0.4) is 0 Å². The quantitative estimate of drug-likeness (QED) is 0.180. The fraction of sp³-hybridized carbons (Fsp3) is 0.0556. The Balaban J connectivity index is 1.17. The minimum atomic E-state index is -0.129. The molecule has 2 heterocycles. The van der Waals surface area contributed by atoms with E-state index in [1.54, 1.807) is 0 Å². The van der Waals surface area contributed by atoms with Crippen molar-refractivity contribution in [2.24, 2.45) is 0 Å².